The third-order valence-corrected chi connectivity index (χ3v) is 3.29. The summed E-state index contributed by atoms with van der Waals surface area (Å²) >= 11 is 0. The van der Waals surface area contributed by atoms with Crippen LogP contribution in [-0.2, 0) is 4.74 Å². The molecule has 1 aliphatic carbocycles. The Hall–Kier alpha value is -0.0800. The molecule has 0 bridgehead atoms. The molecule has 0 unspecified atom stereocenters. The van der Waals surface area contributed by atoms with Gasteiger partial charge in [-0.05, 0) is 31.1 Å². The van der Waals surface area contributed by atoms with E-state index in [1.807, 2.05) is 0 Å². The molecule has 0 aromatic heterocycles. The Bertz CT molecular complexity index is 165. The van der Waals surface area contributed by atoms with Crippen molar-refractivity contribution >= 4 is 0 Å². The molecule has 0 radical (unpaired) electrons. The Labute approximate surface area is 81.0 Å². The van der Waals surface area contributed by atoms with Gasteiger partial charge in [0.05, 0.1) is 0 Å². The fourth-order valence-corrected chi connectivity index (χ4v) is 2.59. The number of hydrogen-bond acceptors (Lipinski definition) is 2. The van der Waals surface area contributed by atoms with Gasteiger partial charge in [0.2, 0.25) is 0 Å². The van der Waals surface area contributed by atoms with E-state index < -0.39 is 0 Å². The Kier molecular flexibility index (Phi) is 2.61. The van der Waals surface area contributed by atoms with Gasteiger partial charge in [-0.15, -0.1) is 0 Å². The Morgan fingerprint density at radius 3 is 2.23 bits per heavy atom. The topological polar surface area (TPSA) is 21.3 Å². The maximum Gasteiger partial charge on any atom is 0.0480 e. The van der Waals surface area contributed by atoms with Crippen LogP contribution < -0.4 is 5.32 Å². The second-order valence-corrected chi connectivity index (χ2v) is 5.32. The first-order valence-corrected chi connectivity index (χ1v) is 5.49. The van der Waals surface area contributed by atoms with Crippen LogP contribution in [0.15, 0.2) is 0 Å². The quantitative estimate of drug-likeness (QED) is 0.706. The third kappa shape index (κ3) is 2.44. The van der Waals surface area contributed by atoms with Crippen molar-refractivity contribution in [1.82, 2.24) is 5.32 Å². The molecule has 76 valence electrons. The van der Waals surface area contributed by atoms with Crippen molar-refractivity contribution in [3.63, 3.8) is 0 Å². The molecular weight excluding hydrogens is 162 g/mol. The molecule has 13 heavy (non-hydrogen) atoms. The van der Waals surface area contributed by atoms with E-state index in [4.69, 9.17) is 4.74 Å². The number of nitrogens with one attached hydrogen (secondary N) is 1. The van der Waals surface area contributed by atoms with E-state index in [0.717, 1.165) is 25.3 Å². The summed E-state index contributed by atoms with van der Waals surface area (Å²) in [5.74, 6) is 0. The van der Waals surface area contributed by atoms with Gasteiger partial charge < -0.3 is 10.1 Å². The molecule has 1 saturated carbocycles. The first-order valence-electron chi connectivity index (χ1n) is 5.49. The summed E-state index contributed by atoms with van der Waals surface area (Å²) in [6.45, 7) is 6.62. The van der Waals surface area contributed by atoms with Crippen molar-refractivity contribution in [1.29, 1.82) is 0 Å². The van der Waals surface area contributed by atoms with Crippen LogP contribution in [0.25, 0.3) is 0 Å². The van der Waals surface area contributed by atoms with Crippen molar-refractivity contribution in [2.75, 3.05) is 13.2 Å². The van der Waals surface area contributed by atoms with Gasteiger partial charge in [0.15, 0.2) is 0 Å². The van der Waals surface area contributed by atoms with Crippen LogP contribution in [0.3, 0.4) is 0 Å². The SMILES string of the molecule is CC1(C)CC(NC2CCOCC2)C1. The van der Waals surface area contributed by atoms with Gasteiger partial charge >= 0.3 is 0 Å². The summed E-state index contributed by atoms with van der Waals surface area (Å²) in [7, 11) is 0. The highest BCUT2D eigenvalue weighted by atomic mass is 16.5. The van der Waals surface area contributed by atoms with Gasteiger partial charge in [-0.3, -0.25) is 0 Å². The summed E-state index contributed by atoms with van der Waals surface area (Å²) < 4.78 is 5.33. The predicted octanol–water partition coefficient (Wildman–Crippen LogP) is 1.94. The van der Waals surface area contributed by atoms with Crippen LogP contribution in [0.5, 0.6) is 0 Å². The average molecular weight is 183 g/mol. The van der Waals surface area contributed by atoms with Crippen LogP contribution in [0, 0.1) is 5.41 Å². The molecule has 1 saturated heterocycles. The van der Waals surface area contributed by atoms with E-state index in [1.165, 1.54) is 25.7 Å². The van der Waals surface area contributed by atoms with Crippen molar-refractivity contribution < 1.29 is 4.74 Å². The highest BCUT2D eigenvalue weighted by molar-refractivity contribution is 4.93. The second-order valence-electron chi connectivity index (χ2n) is 5.32. The van der Waals surface area contributed by atoms with Crippen molar-refractivity contribution in [2.45, 2.75) is 51.6 Å². The summed E-state index contributed by atoms with van der Waals surface area (Å²) in [4.78, 5) is 0. The van der Waals surface area contributed by atoms with Crippen LogP contribution in [-0.4, -0.2) is 25.3 Å². The van der Waals surface area contributed by atoms with E-state index in [2.05, 4.69) is 19.2 Å². The van der Waals surface area contributed by atoms with Crippen LogP contribution in [0.1, 0.15) is 39.5 Å². The van der Waals surface area contributed by atoms with Crippen LogP contribution in [0.4, 0.5) is 0 Å². The standard InChI is InChI=1S/C11H21NO/c1-11(2)7-10(8-11)12-9-3-5-13-6-4-9/h9-10,12H,3-8H2,1-2H3. The average Bonchev–Trinajstić information content (AvgIpc) is 2.03. The minimum atomic E-state index is 0.600. The summed E-state index contributed by atoms with van der Waals surface area (Å²) in [5.41, 5.74) is 0.600. The molecule has 2 nitrogen and oxygen atoms in total. The molecule has 1 heterocycles. The number of ether oxygens (including phenoxy) is 1. The normalized spacial score (nSPS) is 30.0. The Morgan fingerprint density at radius 1 is 1.08 bits per heavy atom. The lowest BCUT2D eigenvalue weighted by Gasteiger charge is -2.45. The molecule has 0 atom stereocenters. The molecule has 2 heteroatoms. The van der Waals surface area contributed by atoms with Crippen LogP contribution >= 0.6 is 0 Å². The minimum Gasteiger partial charge on any atom is -0.381 e. The number of rotatable bonds is 2. The lowest BCUT2D eigenvalue weighted by atomic mass is 9.68. The van der Waals surface area contributed by atoms with Crippen LogP contribution in [0.2, 0.25) is 0 Å². The molecule has 2 rings (SSSR count). The zero-order valence-electron chi connectivity index (χ0n) is 8.81. The fraction of sp³-hybridized carbons (Fsp3) is 1.00. The first-order chi connectivity index (χ1) is 6.16. The van der Waals surface area contributed by atoms with E-state index in [9.17, 15) is 0 Å². The molecule has 2 fully saturated rings. The molecule has 0 spiro atoms. The maximum atomic E-state index is 5.33. The van der Waals surface area contributed by atoms with E-state index in [1.54, 1.807) is 0 Å². The summed E-state index contributed by atoms with van der Waals surface area (Å²) in [6.07, 6.45) is 5.11. The van der Waals surface area contributed by atoms with Crippen molar-refractivity contribution in [3.8, 4) is 0 Å². The molecule has 0 aromatic rings. The molecule has 2 aliphatic rings. The number of hydrogen-bond donors (Lipinski definition) is 1. The van der Waals surface area contributed by atoms with Gasteiger partial charge in [0.1, 0.15) is 0 Å². The molecule has 1 aliphatic heterocycles. The fourth-order valence-electron chi connectivity index (χ4n) is 2.59. The largest absolute Gasteiger partial charge is 0.381 e. The lowest BCUT2D eigenvalue weighted by Crippen LogP contribution is -2.51. The highest BCUT2D eigenvalue weighted by Gasteiger charge is 2.36. The summed E-state index contributed by atoms with van der Waals surface area (Å²) in [5, 5.41) is 3.73. The minimum absolute atomic E-state index is 0.600. The zero-order valence-corrected chi connectivity index (χ0v) is 8.81. The molecular formula is C11H21NO. The van der Waals surface area contributed by atoms with Crippen molar-refractivity contribution in [2.24, 2.45) is 5.41 Å². The van der Waals surface area contributed by atoms with Gasteiger partial charge in [-0.1, -0.05) is 13.8 Å². The molecule has 1 N–H and O–H groups in total. The summed E-state index contributed by atoms with van der Waals surface area (Å²) in [6, 6.07) is 1.52. The second kappa shape index (κ2) is 3.58. The van der Waals surface area contributed by atoms with Gasteiger partial charge in [0.25, 0.3) is 0 Å². The monoisotopic (exact) mass is 183 g/mol. The van der Waals surface area contributed by atoms with E-state index >= 15 is 0 Å². The van der Waals surface area contributed by atoms with E-state index in [-0.39, 0.29) is 0 Å². The van der Waals surface area contributed by atoms with Crippen molar-refractivity contribution in [3.05, 3.63) is 0 Å². The van der Waals surface area contributed by atoms with Gasteiger partial charge in [-0.2, -0.15) is 0 Å². The Balaban J connectivity index is 1.68. The predicted molar refractivity (Wildman–Crippen MR) is 53.8 cm³/mol. The lowest BCUT2D eigenvalue weighted by molar-refractivity contribution is 0.0544. The highest BCUT2D eigenvalue weighted by Crippen LogP contribution is 2.40. The zero-order chi connectivity index (χ0) is 9.31. The van der Waals surface area contributed by atoms with Gasteiger partial charge in [-0.25, -0.2) is 0 Å². The van der Waals surface area contributed by atoms with Gasteiger partial charge in [0, 0.05) is 25.3 Å². The Morgan fingerprint density at radius 2 is 1.69 bits per heavy atom. The first kappa shape index (κ1) is 9.47. The molecule has 0 aromatic carbocycles. The maximum absolute atomic E-state index is 5.33. The van der Waals surface area contributed by atoms with E-state index in [0.29, 0.717) is 5.41 Å². The molecule has 0 amide bonds. The smallest absolute Gasteiger partial charge is 0.0480 e. The third-order valence-electron chi connectivity index (χ3n) is 3.29.